The summed E-state index contributed by atoms with van der Waals surface area (Å²) in [6.07, 6.45) is 0. The predicted octanol–water partition coefficient (Wildman–Crippen LogP) is 6.04. The summed E-state index contributed by atoms with van der Waals surface area (Å²) in [4.78, 5) is 0. The zero-order valence-electron chi connectivity index (χ0n) is 17.8. The third-order valence-corrected chi connectivity index (χ3v) is 6.50. The topological polar surface area (TPSA) is 72.3 Å². The number of phenolic OH excluding ortho intramolecular Hbond substituents is 1. The zero-order chi connectivity index (χ0) is 21.8. The molecule has 0 bridgehead atoms. The highest BCUT2D eigenvalue weighted by atomic mass is 16.3. The van der Waals surface area contributed by atoms with Crippen LogP contribution in [0.3, 0.4) is 0 Å². The fourth-order valence-corrected chi connectivity index (χ4v) is 4.94. The number of nitrogen functional groups attached to an aromatic ring is 2. The van der Waals surface area contributed by atoms with Crippen LogP contribution in [0.25, 0.3) is 11.1 Å². The summed E-state index contributed by atoms with van der Waals surface area (Å²) < 4.78 is 0. The number of aromatic hydroxyl groups is 1. The Morgan fingerprint density at radius 1 is 0.645 bits per heavy atom. The van der Waals surface area contributed by atoms with Gasteiger partial charge in [-0.2, -0.15) is 0 Å². The molecule has 0 aromatic heterocycles. The number of hydrogen-bond donors (Lipinski definition) is 3. The van der Waals surface area contributed by atoms with Crippen molar-refractivity contribution in [3.05, 3.63) is 113 Å². The van der Waals surface area contributed by atoms with Gasteiger partial charge in [-0.05, 0) is 81.3 Å². The van der Waals surface area contributed by atoms with Crippen LogP contribution in [0.1, 0.15) is 47.6 Å². The van der Waals surface area contributed by atoms with Crippen molar-refractivity contribution in [2.75, 3.05) is 11.5 Å². The predicted molar refractivity (Wildman–Crippen MR) is 128 cm³/mol. The van der Waals surface area contributed by atoms with Gasteiger partial charge >= 0.3 is 0 Å². The van der Waals surface area contributed by atoms with Crippen LogP contribution in [0, 0.1) is 0 Å². The zero-order valence-corrected chi connectivity index (χ0v) is 17.8. The second-order valence-corrected chi connectivity index (χ2v) is 8.68. The molecule has 3 heteroatoms. The highest BCUT2D eigenvalue weighted by Crippen LogP contribution is 2.57. The van der Waals surface area contributed by atoms with Crippen LogP contribution in [0.2, 0.25) is 0 Å². The summed E-state index contributed by atoms with van der Waals surface area (Å²) >= 11 is 0. The number of rotatable bonds is 3. The maximum atomic E-state index is 10.5. The lowest BCUT2D eigenvalue weighted by Gasteiger charge is -2.34. The van der Waals surface area contributed by atoms with E-state index in [0.717, 1.165) is 33.6 Å². The molecule has 0 radical (unpaired) electrons. The first-order chi connectivity index (χ1) is 14.9. The standard InChI is InChI=1S/C28H26N2O/c1-17(2)18-3-13-24-25-14-12-23(31)16-27(25)28(26(24)15-18,19-4-8-21(29)9-5-19)20-6-10-22(30)11-7-20/h3-17,31H,29-30H2,1-2H3. The van der Waals surface area contributed by atoms with Crippen LogP contribution >= 0.6 is 0 Å². The molecule has 0 unspecified atom stereocenters. The van der Waals surface area contributed by atoms with Gasteiger partial charge in [-0.3, -0.25) is 0 Å². The molecule has 0 atom stereocenters. The van der Waals surface area contributed by atoms with Crippen LogP contribution in [0.5, 0.6) is 5.75 Å². The van der Waals surface area contributed by atoms with Gasteiger partial charge in [0.1, 0.15) is 5.75 Å². The molecule has 0 heterocycles. The first-order valence-electron chi connectivity index (χ1n) is 10.6. The second kappa shape index (κ2) is 6.92. The van der Waals surface area contributed by atoms with E-state index in [-0.39, 0.29) is 5.75 Å². The molecule has 154 valence electrons. The molecule has 0 amide bonds. The molecule has 1 aliphatic carbocycles. The Morgan fingerprint density at radius 3 is 1.65 bits per heavy atom. The Labute approximate surface area is 183 Å². The fraction of sp³-hybridized carbons (Fsp3) is 0.143. The lowest BCUT2D eigenvalue weighted by molar-refractivity contribution is 0.474. The molecule has 31 heavy (non-hydrogen) atoms. The molecular formula is C28H26N2O. The van der Waals surface area contributed by atoms with E-state index in [4.69, 9.17) is 11.5 Å². The highest BCUT2D eigenvalue weighted by Gasteiger charge is 2.46. The number of hydrogen-bond acceptors (Lipinski definition) is 3. The van der Waals surface area contributed by atoms with Crippen molar-refractivity contribution in [2.24, 2.45) is 0 Å². The van der Waals surface area contributed by atoms with Gasteiger partial charge in [0, 0.05) is 11.4 Å². The molecule has 5 N–H and O–H groups in total. The van der Waals surface area contributed by atoms with Crippen LogP contribution in [-0.2, 0) is 5.41 Å². The van der Waals surface area contributed by atoms with Crippen molar-refractivity contribution in [1.82, 2.24) is 0 Å². The second-order valence-electron chi connectivity index (χ2n) is 8.68. The van der Waals surface area contributed by atoms with Crippen molar-refractivity contribution in [3.63, 3.8) is 0 Å². The highest BCUT2D eigenvalue weighted by molar-refractivity contribution is 5.87. The van der Waals surface area contributed by atoms with Crippen molar-refractivity contribution in [1.29, 1.82) is 0 Å². The molecule has 5 rings (SSSR count). The minimum Gasteiger partial charge on any atom is -0.508 e. The Bertz CT molecular complexity index is 1230. The number of anilines is 2. The average Bonchev–Trinajstić information content (AvgIpc) is 3.04. The SMILES string of the molecule is CC(C)c1ccc2c(c1)C(c1ccc(N)cc1)(c1ccc(N)cc1)c1cc(O)ccc1-2. The number of nitrogens with two attached hydrogens (primary N) is 2. The minimum absolute atomic E-state index is 0.255. The van der Waals surface area contributed by atoms with Crippen LogP contribution < -0.4 is 11.5 Å². The Morgan fingerprint density at radius 2 is 1.13 bits per heavy atom. The van der Waals surface area contributed by atoms with E-state index in [0.29, 0.717) is 5.92 Å². The third kappa shape index (κ3) is 2.81. The van der Waals surface area contributed by atoms with Crippen molar-refractivity contribution in [3.8, 4) is 16.9 Å². The van der Waals surface area contributed by atoms with E-state index in [1.807, 2.05) is 36.4 Å². The molecule has 0 fully saturated rings. The summed E-state index contributed by atoms with van der Waals surface area (Å²) in [5.74, 6) is 0.656. The Hall–Kier alpha value is -3.72. The first kappa shape index (κ1) is 19.3. The lowest BCUT2D eigenvalue weighted by Crippen LogP contribution is -2.28. The summed E-state index contributed by atoms with van der Waals surface area (Å²) in [5.41, 5.74) is 21.1. The minimum atomic E-state index is -0.574. The summed E-state index contributed by atoms with van der Waals surface area (Å²) in [7, 11) is 0. The van der Waals surface area contributed by atoms with E-state index in [1.165, 1.54) is 16.7 Å². The summed E-state index contributed by atoms with van der Waals surface area (Å²) in [6.45, 7) is 4.42. The first-order valence-corrected chi connectivity index (χ1v) is 10.6. The molecule has 0 saturated carbocycles. The molecule has 4 aromatic rings. The Kier molecular flexibility index (Phi) is 4.30. The maximum Gasteiger partial charge on any atom is 0.115 e. The van der Waals surface area contributed by atoms with Gasteiger partial charge in [-0.15, -0.1) is 0 Å². The van der Waals surface area contributed by atoms with Gasteiger partial charge in [-0.25, -0.2) is 0 Å². The fourth-order valence-electron chi connectivity index (χ4n) is 4.94. The van der Waals surface area contributed by atoms with Crippen molar-refractivity contribution in [2.45, 2.75) is 25.2 Å². The van der Waals surface area contributed by atoms with Crippen molar-refractivity contribution < 1.29 is 5.11 Å². The maximum absolute atomic E-state index is 10.5. The van der Waals surface area contributed by atoms with E-state index >= 15 is 0 Å². The van der Waals surface area contributed by atoms with Crippen molar-refractivity contribution >= 4 is 11.4 Å². The van der Waals surface area contributed by atoms with Crippen LogP contribution in [-0.4, -0.2) is 5.11 Å². The largest absolute Gasteiger partial charge is 0.508 e. The molecule has 1 aliphatic rings. The molecule has 3 nitrogen and oxygen atoms in total. The average molecular weight is 407 g/mol. The van der Waals surface area contributed by atoms with E-state index in [1.54, 1.807) is 6.07 Å². The van der Waals surface area contributed by atoms with E-state index in [9.17, 15) is 5.11 Å². The van der Waals surface area contributed by atoms with Crippen LogP contribution in [0.4, 0.5) is 11.4 Å². The third-order valence-electron chi connectivity index (χ3n) is 6.50. The quantitative estimate of drug-likeness (QED) is 0.320. The van der Waals surface area contributed by atoms with Gasteiger partial charge in [0.2, 0.25) is 0 Å². The van der Waals surface area contributed by atoms with Gasteiger partial charge in [0.25, 0.3) is 0 Å². The number of phenols is 1. The Balaban J connectivity index is 1.96. The molecule has 4 aromatic carbocycles. The molecule has 0 spiro atoms. The van der Waals surface area contributed by atoms with E-state index < -0.39 is 5.41 Å². The van der Waals surface area contributed by atoms with Gasteiger partial charge in [0.15, 0.2) is 0 Å². The van der Waals surface area contributed by atoms with Gasteiger partial charge in [0.05, 0.1) is 5.41 Å². The van der Waals surface area contributed by atoms with Gasteiger partial charge < -0.3 is 16.6 Å². The molecular weight excluding hydrogens is 380 g/mol. The smallest absolute Gasteiger partial charge is 0.115 e. The van der Waals surface area contributed by atoms with Crippen LogP contribution in [0.15, 0.2) is 84.9 Å². The molecule has 0 saturated heterocycles. The number of fused-ring (bicyclic) bond motifs is 3. The van der Waals surface area contributed by atoms with Gasteiger partial charge in [-0.1, -0.05) is 62.4 Å². The molecule has 0 aliphatic heterocycles. The number of benzene rings is 4. The lowest BCUT2D eigenvalue weighted by atomic mass is 9.67. The van der Waals surface area contributed by atoms with E-state index in [2.05, 4.69) is 56.3 Å². The monoisotopic (exact) mass is 406 g/mol. The summed E-state index contributed by atoms with van der Waals surface area (Å²) in [5, 5.41) is 10.5. The summed E-state index contributed by atoms with van der Waals surface area (Å²) in [6, 6.07) is 28.6. The normalized spacial score (nSPS) is 13.8.